The van der Waals surface area contributed by atoms with E-state index in [0.29, 0.717) is 26.1 Å². The summed E-state index contributed by atoms with van der Waals surface area (Å²) in [5.74, 6) is 0.0175. The van der Waals surface area contributed by atoms with E-state index in [2.05, 4.69) is 10.4 Å². The van der Waals surface area contributed by atoms with Crippen LogP contribution in [-0.2, 0) is 46.8 Å². The Morgan fingerprint density at radius 1 is 1.26 bits per heavy atom. The van der Waals surface area contributed by atoms with Crippen molar-refractivity contribution in [1.82, 2.24) is 19.4 Å². The summed E-state index contributed by atoms with van der Waals surface area (Å²) < 4.78 is 27.1. The number of fused-ring (bicyclic) bond motifs is 1. The lowest BCUT2D eigenvalue weighted by molar-refractivity contribution is -0.123. The Labute approximate surface area is 159 Å². The number of nitrogens with one attached hydrogen (secondary N) is 1. The van der Waals surface area contributed by atoms with E-state index in [9.17, 15) is 13.2 Å². The smallest absolute Gasteiger partial charge is 0.230 e. The standard InChI is InChI=1S/C19H24N4O3S/c1-22-17-8-11-23(27(2,25)26)13-15(17)16(21-22)12-20-18(24)19(9-10-19)14-6-4-3-5-7-14/h3-7H,8-13H2,1-2H3,(H,20,24). The first-order valence-corrected chi connectivity index (χ1v) is 11.0. The lowest BCUT2D eigenvalue weighted by Gasteiger charge is -2.25. The van der Waals surface area contributed by atoms with E-state index in [4.69, 9.17) is 0 Å². The predicted octanol–water partition coefficient (Wildman–Crippen LogP) is 1.09. The molecule has 1 aromatic carbocycles. The van der Waals surface area contributed by atoms with Crippen LogP contribution in [0.1, 0.15) is 35.4 Å². The highest BCUT2D eigenvalue weighted by atomic mass is 32.2. The van der Waals surface area contributed by atoms with Gasteiger partial charge in [0.15, 0.2) is 0 Å². The number of hydrogen-bond donors (Lipinski definition) is 1. The largest absolute Gasteiger partial charge is 0.350 e. The maximum absolute atomic E-state index is 12.8. The second-order valence-corrected chi connectivity index (χ2v) is 9.46. The van der Waals surface area contributed by atoms with Crippen molar-refractivity contribution in [2.24, 2.45) is 7.05 Å². The lowest BCUT2D eigenvalue weighted by Crippen LogP contribution is -2.37. The molecule has 8 heteroatoms. The van der Waals surface area contributed by atoms with Crippen LogP contribution in [0, 0.1) is 0 Å². The van der Waals surface area contributed by atoms with Gasteiger partial charge in [-0.2, -0.15) is 9.40 Å². The normalized spacial score (nSPS) is 18.7. The Bertz CT molecular complexity index is 978. The van der Waals surface area contributed by atoms with Crippen molar-refractivity contribution in [1.29, 1.82) is 0 Å². The number of carbonyl (C=O) groups excluding carboxylic acids is 1. The summed E-state index contributed by atoms with van der Waals surface area (Å²) in [4.78, 5) is 12.8. The van der Waals surface area contributed by atoms with Crippen LogP contribution < -0.4 is 5.32 Å². The number of carbonyl (C=O) groups is 1. The van der Waals surface area contributed by atoms with E-state index < -0.39 is 15.4 Å². The molecule has 7 nitrogen and oxygen atoms in total. The van der Waals surface area contributed by atoms with Crippen LogP contribution in [0.2, 0.25) is 0 Å². The molecule has 2 aliphatic rings. The number of aromatic nitrogens is 2. The van der Waals surface area contributed by atoms with Crippen molar-refractivity contribution >= 4 is 15.9 Å². The molecule has 1 aliphatic heterocycles. The average Bonchev–Trinajstić information content (AvgIpc) is 3.40. The van der Waals surface area contributed by atoms with Crippen molar-refractivity contribution in [3.63, 3.8) is 0 Å². The summed E-state index contributed by atoms with van der Waals surface area (Å²) in [5.41, 5.74) is 3.34. The van der Waals surface area contributed by atoms with Crippen molar-refractivity contribution in [2.45, 2.75) is 37.8 Å². The van der Waals surface area contributed by atoms with Gasteiger partial charge in [-0.25, -0.2) is 8.42 Å². The second kappa shape index (κ2) is 6.45. The van der Waals surface area contributed by atoms with Gasteiger partial charge >= 0.3 is 0 Å². The highest BCUT2D eigenvalue weighted by molar-refractivity contribution is 7.88. The van der Waals surface area contributed by atoms with Crippen LogP contribution >= 0.6 is 0 Å². The van der Waals surface area contributed by atoms with Gasteiger partial charge in [0.1, 0.15) is 0 Å². The SMILES string of the molecule is Cn1nc(CNC(=O)C2(c3ccccc3)CC2)c2c1CCN(S(C)(=O)=O)C2. The lowest BCUT2D eigenvalue weighted by atomic mass is 9.95. The van der Waals surface area contributed by atoms with Crippen molar-refractivity contribution in [2.75, 3.05) is 12.8 Å². The van der Waals surface area contributed by atoms with Gasteiger partial charge in [-0.15, -0.1) is 0 Å². The molecule has 0 radical (unpaired) electrons. The number of rotatable bonds is 5. The van der Waals surface area contributed by atoms with E-state index >= 15 is 0 Å². The van der Waals surface area contributed by atoms with Crippen LogP contribution in [0.4, 0.5) is 0 Å². The fourth-order valence-corrected chi connectivity index (χ4v) is 4.72. The molecule has 2 aromatic rings. The molecule has 144 valence electrons. The molecule has 1 saturated carbocycles. The molecule has 0 spiro atoms. The second-order valence-electron chi connectivity index (χ2n) is 7.47. The van der Waals surface area contributed by atoms with Gasteiger partial charge in [0.25, 0.3) is 0 Å². The fourth-order valence-electron chi connectivity index (χ4n) is 3.93. The summed E-state index contributed by atoms with van der Waals surface area (Å²) >= 11 is 0. The Kier molecular flexibility index (Phi) is 4.35. The predicted molar refractivity (Wildman–Crippen MR) is 101 cm³/mol. The first-order chi connectivity index (χ1) is 12.8. The van der Waals surface area contributed by atoms with E-state index in [-0.39, 0.29) is 5.91 Å². The average molecular weight is 388 g/mol. The van der Waals surface area contributed by atoms with Crippen molar-refractivity contribution < 1.29 is 13.2 Å². The van der Waals surface area contributed by atoms with Crippen molar-refractivity contribution in [3.8, 4) is 0 Å². The third-order valence-electron chi connectivity index (χ3n) is 5.69. The number of nitrogens with zero attached hydrogens (tertiary/aromatic N) is 3. The molecular weight excluding hydrogens is 364 g/mol. The molecular formula is C19H24N4O3S. The highest BCUT2D eigenvalue weighted by Crippen LogP contribution is 2.48. The van der Waals surface area contributed by atoms with Crippen LogP contribution in [-0.4, -0.2) is 41.2 Å². The van der Waals surface area contributed by atoms with Gasteiger partial charge in [-0.05, 0) is 18.4 Å². The van der Waals surface area contributed by atoms with Crippen LogP contribution in [0.25, 0.3) is 0 Å². The van der Waals surface area contributed by atoms with Gasteiger partial charge < -0.3 is 5.32 Å². The Morgan fingerprint density at radius 3 is 2.59 bits per heavy atom. The molecule has 0 saturated heterocycles. The Balaban J connectivity index is 1.51. The van der Waals surface area contributed by atoms with E-state index in [1.54, 1.807) is 4.68 Å². The van der Waals surface area contributed by atoms with Gasteiger partial charge in [0.2, 0.25) is 15.9 Å². The topological polar surface area (TPSA) is 84.3 Å². The zero-order chi connectivity index (χ0) is 19.2. The Hall–Kier alpha value is -2.19. The fraction of sp³-hybridized carbons (Fsp3) is 0.474. The minimum atomic E-state index is -3.25. The minimum absolute atomic E-state index is 0.0175. The number of aryl methyl sites for hydroxylation is 1. The molecule has 1 aromatic heterocycles. The van der Waals surface area contributed by atoms with Gasteiger partial charge in [0.05, 0.1) is 23.9 Å². The highest BCUT2D eigenvalue weighted by Gasteiger charge is 2.51. The molecule has 1 N–H and O–H groups in total. The molecule has 1 aliphatic carbocycles. The Morgan fingerprint density at radius 2 is 1.96 bits per heavy atom. The quantitative estimate of drug-likeness (QED) is 0.831. The summed E-state index contributed by atoms with van der Waals surface area (Å²) in [6.07, 6.45) is 3.57. The number of benzene rings is 1. The summed E-state index contributed by atoms with van der Waals surface area (Å²) in [7, 11) is -1.38. The van der Waals surface area contributed by atoms with E-state index in [0.717, 1.165) is 35.4 Å². The van der Waals surface area contributed by atoms with Gasteiger partial charge in [-0.3, -0.25) is 9.48 Å². The maximum Gasteiger partial charge on any atom is 0.230 e. The van der Waals surface area contributed by atoms with Gasteiger partial charge in [0, 0.05) is 37.8 Å². The van der Waals surface area contributed by atoms with Gasteiger partial charge in [-0.1, -0.05) is 30.3 Å². The summed E-state index contributed by atoms with van der Waals surface area (Å²) in [6, 6.07) is 9.86. The molecule has 0 atom stereocenters. The number of hydrogen-bond acceptors (Lipinski definition) is 4. The molecule has 0 unspecified atom stereocenters. The molecule has 27 heavy (non-hydrogen) atoms. The number of sulfonamides is 1. The van der Waals surface area contributed by atoms with E-state index in [1.165, 1.54) is 10.6 Å². The van der Waals surface area contributed by atoms with Crippen LogP contribution in [0.5, 0.6) is 0 Å². The number of amides is 1. The molecule has 1 amide bonds. The van der Waals surface area contributed by atoms with Crippen molar-refractivity contribution in [3.05, 3.63) is 52.8 Å². The van der Waals surface area contributed by atoms with Crippen LogP contribution in [0.15, 0.2) is 30.3 Å². The minimum Gasteiger partial charge on any atom is -0.350 e. The van der Waals surface area contributed by atoms with E-state index in [1.807, 2.05) is 37.4 Å². The third kappa shape index (κ3) is 3.27. The summed E-state index contributed by atoms with van der Waals surface area (Å²) in [6.45, 7) is 1.10. The monoisotopic (exact) mass is 388 g/mol. The molecule has 4 rings (SSSR count). The molecule has 1 fully saturated rings. The zero-order valence-corrected chi connectivity index (χ0v) is 16.4. The van der Waals surface area contributed by atoms with Crippen LogP contribution in [0.3, 0.4) is 0 Å². The third-order valence-corrected chi connectivity index (χ3v) is 6.94. The molecule has 2 heterocycles. The maximum atomic E-state index is 12.8. The zero-order valence-electron chi connectivity index (χ0n) is 15.6. The first-order valence-electron chi connectivity index (χ1n) is 9.14. The first kappa shape index (κ1) is 18.2. The summed E-state index contributed by atoms with van der Waals surface area (Å²) in [5, 5.41) is 7.57. The molecule has 0 bridgehead atoms.